The van der Waals surface area contributed by atoms with Crippen LogP contribution in [0.15, 0.2) is 33.6 Å². The third kappa shape index (κ3) is 5.27. The highest BCUT2D eigenvalue weighted by Gasteiger charge is 2.26. The van der Waals surface area contributed by atoms with Crippen LogP contribution in [0, 0.1) is 0 Å². The monoisotopic (exact) mass is 404 g/mol. The Morgan fingerprint density at radius 1 is 1.30 bits per heavy atom. The summed E-state index contributed by atoms with van der Waals surface area (Å²) in [5, 5.41) is 0. The Kier molecular flexibility index (Phi) is 6.58. The second-order valence-corrected chi connectivity index (χ2v) is 8.10. The highest BCUT2D eigenvalue weighted by Crippen LogP contribution is 2.18. The first kappa shape index (κ1) is 18.4. The van der Waals surface area contributed by atoms with Crippen molar-refractivity contribution in [1.29, 1.82) is 0 Å². The van der Waals surface area contributed by atoms with Crippen LogP contribution in [-0.4, -0.2) is 52.1 Å². The molecule has 1 aromatic carbocycles. The second kappa shape index (κ2) is 8.23. The number of halogens is 1. The second-order valence-electron chi connectivity index (χ2n) is 5.47. The normalized spacial score (nSPS) is 16.5. The zero-order valence-electron chi connectivity index (χ0n) is 13.0. The molecule has 6 nitrogen and oxygen atoms in total. The van der Waals surface area contributed by atoms with Crippen molar-refractivity contribution in [3.05, 3.63) is 28.7 Å². The van der Waals surface area contributed by atoms with Crippen LogP contribution in [0.3, 0.4) is 0 Å². The van der Waals surface area contributed by atoms with E-state index < -0.39 is 10.0 Å². The number of benzene rings is 1. The largest absolute Gasteiger partial charge is 0.384 e. The number of nitrogens with one attached hydrogen (secondary N) is 1. The van der Waals surface area contributed by atoms with E-state index in [1.807, 2.05) is 0 Å². The number of ether oxygens (including phenoxy) is 1. The van der Waals surface area contributed by atoms with Gasteiger partial charge in [-0.15, -0.1) is 0 Å². The number of carbonyl (C=O) groups is 1. The van der Waals surface area contributed by atoms with Gasteiger partial charge in [-0.1, -0.05) is 15.9 Å². The predicted octanol–water partition coefficient (Wildman–Crippen LogP) is 1.75. The van der Waals surface area contributed by atoms with Gasteiger partial charge in [0.15, 0.2) is 0 Å². The molecule has 2 rings (SSSR count). The minimum absolute atomic E-state index is 0.0565. The first-order valence-electron chi connectivity index (χ1n) is 7.47. The summed E-state index contributed by atoms with van der Waals surface area (Å²) in [5.41, 5.74) is 0. The third-order valence-corrected chi connectivity index (χ3v) is 5.88. The maximum absolute atomic E-state index is 12.3. The molecule has 23 heavy (non-hydrogen) atoms. The molecule has 1 N–H and O–H groups in total. The minimum Gasteiger partial charge on any atom is -0.384 e. The van der Waals surface area contributed by atoms with E-state index in [-0.39, 0.29) is 16.8 Å². The SMILES string of the molecule is COCCC(=O)N1CCC(NS(=O)(=O)c2ccc(Br)cc2)CC1. The van der Waals surface area contributed by atoms with Crippen LogP contribution in [0.5, 0.6) is 0 Å². The molecule has 0 unspecified atom stereocenters. The van der Waals surface area contributed by atoms with Gasteiger partial charge in [0.05, 0.1) is 17.9 Å². The Labute approximate surface area is 145 Å². The molecule has 0 aromatic heterocycles. The summed E-state index contributed by atoms with van der Waals surface area (Å²) < 4.78 is 33.2. The van der Waals surface area contributed by atoms with Gasteiger partial charge in [0.25, 0.3) is 0 Å². The molecule has 1 heterocycles. The number of rotatable bonds is 6. The summed E-state index contributed by atoms with van der Waals surface area (Å²) >= 11 is 3.29. The lowest BCUT2D eigenvalue weighted by Gasteiger charge is -2.32. The van der Waals surface area contributed by atoms with Crippen LogP contribution in [0.4, 0.5) is 0 Å². The lowest BCUT2D eigenvalue weighted by atomic mass is 10.1. The highest BCUT2D eigenvalue weighted by molar-refractivity contribution is 9.10. The molecule has 0 atom stereocenters. The topological polar surface area (TPSA) is 75.7 Å². The number of hydrogen-bond acceptors (Lipinski definition) is 4. The zero-order valence-corrected chi connectivity index (χ0v) is 15.4. The van der Waals surface area contributed by atoms with Gasteiger partial charge in [0, 0.05) is 30.7 Å². The van der Waals surface area contributed by atoms with Crippen molar-refractivity contribution < 1.29 is 17.9 Å². The van der Waals surface area contributed by atoms with Gasteiger partial charge in [0.1, 0.15) is 0 Å². The van der Waals surface area contributed by atoms with Crippen LogP contribution in [0.25, 0.3) is 0 Å². The summed E-state index contributed by atoms with van der Waals surface area (Å²) in [4.78, 5) is 13.9. The first-order valence-corrected chi connectivity index (χ1v) is 9.74. The maximum Gasteiger partial charge on any atom is 0.240 e. The lowest BCUT2D eigenvalue weighted by molar-refractivity contribution is -0.133. The van der Waals surface area contributed by atoms with E-state index in [0.29, 0.717) is 39.0 Å². The van der Waals surface area contributed by atoms with Gasteiger partial charge in [-0.3, -0.25) is 4.79 Å². The molecule has 0 radical (unpaired) electrons. The smallest absolute Gasteiger partial charge is 0.240 e. The summed E-state index contributed by atoms with van der Waals surface area (Å²) in [5.74, 6) is 0.0565. The van der Waals surface area contributed by atoms with Crippen LogP contribution in [0.2, 0.25) is 0 Å². The van der Waals surface area contributed by atoms with E-state index in [2.05, 4.69) is 20.7 Å². The van der Waals surface area contributed by atoms with Gasteiger partial charge in [-0.25, -0.2) is 13.1 Å². The molecular weight excluding hydrogens is 384 g/mol. The molecule has 1 saturated heterocycles. The van der Waals surface area contributed by atoms with Gasteiger partial charge < -0.3 is 9.64 Å². The Balaban J connectivity index is 1.88. The molecule has 1 aliphatic heterocycles. The van der Waals surface area contributed by atoms with Crippen molar-refractivity contribution in [2.45, 2.75) is 30.2 Å². The molecule has 1 aromatic rings. The van der Waals surface area contributed by atoms with E-state index in [9.17, 15) is 13.2 Å². The number of amides is 1. The van der Waals surface area contributed by atoms with Crippen LogP contribution < -0.4 is 4.72 Å². The molecule has 0 bridgehead atoms. The van der Waals surface area contributed by atoms with Crippen molar-refractivity contribution in [3.8, 4) is 0 Å². The minimum atomic E-state index is -3.52. The third-order valence-electron chi connectivity index (χ3n) is 3.81. The maximum atomic E-state index is 12.3. The summed E-state index contributed by atoms with van der Waals surface area (Å²) in [6.07, 6.45) is 1.61. The van der Waals surface area contributed by atoms with Crippen molar-refractivity contribution in [3.63, 3.8) is 0 Å². The summed E-state index contributed by atoms with van der Waals surface area (Å²) in [7, 11) is -1.96. The number of piperidine rings is 1. The Morgan fingerprint density at radius 2 is 1.91 bits per heavy atom. The van der Waals surface area contributed by atoms with E-state index >= 15 is 0 Å². The standard InChI is InChI=1S/C15H21BrN2O4S/c1-22-11-8-15(19)18-9-6-13(7-10-18)17-23(20,21)14-4-2-12(16)3-5-14/h2-5,13,17H,6-11H2,1H3. The van der Waals surface area contributed by atoms with Gasteiger partial charge in [0.2, 0.25) is 15.9 Å². The van der Waals surface area contributed by atoms with Crippen molar-refractivity contribution in [2.24, 2.45) is 0 Å². The van der Waals surface area contributed by atoms with E-state index in [0.717, 1.165) is 4.47 Å². The number of nitrogens with zero attached hydrogens (tertiary/aromatic N) is 1. The Bertz CT molecular complexity index is 625. The fourth-order valence-corrected chi connectivity index (χ4v) is 4.06. The van der Waals surface area contributed by atoms with Gasteiger partial charge in [-0.05, 0) is 37.1 Å². The summed E-state index contributed by atoms with van der Waals surface area (Å²) in [6.45, 7) is 1.54. The predicted molar refractivity (Wildman–Crippen MR) is 90.6 cm³/mol. The molecule has 8 heteroatoms. The van der Waals surface area contributed by atoms with Crippen molar-refractivity contribution in [1.82, 2.24) is 9.62 Å². The Hall–Kier alpha value is -0.960. The van der Waals surface area contributed by atoms with Crippen molar-refractivity contribution >= 4 is 31.9 Å². The van der Waals surface area contributed by atoms with Crippen LogP contribution in [-0.2, 0) is 19.6 Å². The number of methoxy groups -OCH3 is 1. The Morgan fingerprint density at radius 3 is 2.48 bits per heavy atom. The fourth-order valence-electron chi connectivity index (χ4n) is 2.50. The highest BCUT2D eigenvalue weighted by atomic mass is 79.9. The molecule has 0 spiro atoms. The zero-order chi connectivity index (χ0) is 16.9. The van der Waals surface area contributed by atoms with E-state index in [1.54, 1.807) is 36.3 Å². The van der Waals surface area contributed by atoms with Crippen LogP contribution >= 0.6 is 15.9 Å². The number of sulfonamides is 1. The quantitative estimate of drug-likeness (QED) is 0.783. The van der Waals surface area contributed by atoms with Gasteiger partial charge in [-0.2, -0.15) is 0 Å². The molecular formula is C15H21BrN2O4S. The number of likely N-dealkylation sites (tertiary alicyclic amines) is 1. The number of carbonyl (C=O) groups excluding carboxylic acids is 1. The molecule has 1 fully saturated rings. The van der Waals surface area contributed by atoms with Gasteiger partial charge >= 0.3 is 0 Å². The van der Waals surface area contributed by atoms with Crippen LogP contribution in [0.1, 0.15) is 19.3 Å². The first-order chi connectivity index (χ1) is 10.9. The number of hydrogen-bond donors (Lipinski definition) is 1. The van der Waals surface area contributed by atoms with E-state index in [4.69, 9.17) is 4.74 Å². The average molecular weight is 405 g/mol. The lowest BCUT2D eigenvalue weighted by Crippen LogP contribution is -2.46. The molecule has 1 amide bonds. The molecule has 128 valence electrons. The molecule has 0 aliphatic carbocycles. The molecule has 1 aliphatic rings. The molecule has 0 saturated carbocycles. The fraction of sp³-hybridized carbons (Fsp3) is 0.533. The van der Waals surface area contributed by atoms with Crippen molar-refractivity contribution in [2.75, 3.05) is 26.8 Å². The average Bonchev–Trinajstić information content (AvgIpc) is 2.53. The van der Waals surface area contributed by atoms with E-state index in [1.165, 1.54) is 0 Å². The summed E-state index contributed by atoms with van der Waals surface area (Å²) in [6, 6.07) is 6.39.